The zero-order valence-electron chi connectivity index (χ0n) is 24.5. The summed E-state index contributed by atoms with van der Waals surface area (Å²) < 4.78 is 0. The van der Waals surface area contributed by atoms with E-state index >= 15 is 0 Å². The van der Waals surface area contributed by atoms with E-state index < -0.39 is 0 Å². The fourth-order valence-corrected chi connectivity index (χ4v) is 8.41. The first kappa shape index (κ1) is 30.5. The SMILES string of the molecule is CCCCCC1CCC(C2CCC(O)CC2)CC1.CCCCCC1CCC(C2CCC(O)CC2)CC1. The van der Waals surface area contributed by atoms with Crippen LogP contribution in [-0.4, -0.2) is 22.4 Å². The maximum atomic E-state index is 9.59. The summed E-state index contributed by atoms with van der Waals surface area (Å²) in [5.74, 6) is 5.98. The Labute approximate surface area is 225 Å². The van der Waals surface area contributed by atoms with Crippen LogP contribution in [-0.2, 0) is 0 Å². The molecule has 4 rings (SSSR count). The number of hydrogen-bond donors (Lipinski definition) is 2. The van der Waals surface area contributed by atoms with Gasteiger partial charge < -0.3 is 10.2 Å². The van der Waals surface area contributed by atoms with E-state index in [0.29, 0.717) is 0 Å². The molecule has 4 fully saturated rings. The van der Waals surface area contributed by atoms with E-state index in [0.717, 1.165) is 61.2 Å². The third-order valence-electron chi connectivity index (χ3n) is 11.0. The Hall–Kier alpha value is -0.0800. The van der Waals surface area contributed by atoms with E-state index in [2.05, 4.69) is 13.8 Å². The number of aliphatic hydroxyl groups is 2. The smallest absolute Gasteiger partial charge is 0.0540 e. The third kappa shape index (κ3) is 11.0. The molecule has 0 saturated heterocycles. The largest absolute Gasteiger partial charge is 0.393 e. The van der Waals surface area contributed by atoms with Crippen molar-refractivity contribution < 1.29 is 10.2 Å². The first-order valence-electron chi connectivity index (χ1n) is 16.9. The molecule has 0 aliphatic heterocycles. The normalized spacial score (nSPS) is 37.7. The molecule has 0 aromatic carbocycles. The summed E-state index contributed by atoms with van der Waals surface area (Å²) in [6.07, 6.45) is 32.9. The quantitative estimate of drug-likeness (QED) is 0.291. The van der Waals surface area contributed by atoms with Crippen molar-refractivity contribution >= 4 is 0 Å². The Balaban J connectivity index is 0.000000201. The highest BCUT2D eigenvalue weighted by Crippen LogP contribution is 2.42. The maximum Gasteiger partial charge on any atom is 0.0540 e. The lowest BCUT2D eigenvalue weighted by Gasteiger charge is -2.37. The molecule has 2 nitrogen and oxygen atoms in total. The van der Waals surface area contributed by atoms with Crippen LogP contribution in [0.3, 0.4) is 0 Å². The molecule has 0 aromatic rings. The van der Waals surface area contributed by atoms with Gasteiger partial charge in [0, 0.05) is 0 Å². The molecule has 0 radical (unpaired) electrons. The van der Waals surface area contributed by atoms with Gasteiger partial charge in [-0.25, -0.2) is 0 Å². The molecule has 0 aromatic heterocycles. The number of unbranched alkanes of at least 4 members (excludes halogenated alkanes) is 4. The molecular weight excluding hydrogens is 440 g/mol. The van der Waals surface area contributed by atoms with E-state index in [1.54, 1.807) is 0 Å². The van der Waals surface area contributed by atoms with Crippen molar-refractivity contribution in [3.05, 3.63) is 0 Å². The molecule has 2 N–H and O–H groups in total. The van der Waals surface area contributed by atoms with Crippen LogP contribution in [0.15, 0.2) is 0 Å². The lowest BCUT2D eigenvalue weighted by Crippen LogP contribution is -2.27. The lowest BCUT2D eigenvalue weighted by molar-refractivity contribution is 0.0761. The number of rotatable bonds is 10. The molecule has 4 aliphatic carbocycles. The predicted octanol–water partition coefficient (Wildman–Crippen LogP) is 9.85. The van der Waals surface area contributed by atoms with Crippen molar-refractivity contribution in [2.24, 2.45) is 35.5 Å². The second kappa shape index (κ2) is 17.5. The van der Waals surface area contributed by atoms with Gasteiger partial charge in [-0.05, 0) is 113 Å². The van der Waals surface area contributed by atoms with Crippen LogP contribution in [0.25, 0.3) is 0 Å². The van der Waals surface area contributed by atoms with Crippen molar-refractivity contribution in [2.75, 3.05) is 0 Å². The maximum absolute atomic E-state index is 9.59. The molecule has 0 bridgehead atoms. The Morgan fingerprint density at radius 1 is 0.389 bits per heavy atom. The van der Waals surface area contributed by atoms with Crippen LogP contribution in [0.1, 0.15) is 168 Å². The summed E-state index contributed by atoms with van der Waals surface area (Å²) in [4.78, 5) is 0. The molecule has 0 unspecified atom stereocenters. The number of aliphatic hydroxyl groups excluding tert-OH is 2. The summed E-state index contributed by atoms with van der Waals surface area (Å²) in [7, 11) is 0. The van der Waals surface area contributed by atoms with Gasteiger partial charge in [-0.1, -0.05) is 90.9 Å². The fourth-order valence-electron chi connectivity index (χ4n) is 8.41. The van der Waals surface area contributed by atoms with E-state index in [1.807, 2.05) is 0 Å². The average Bonchev–Trinajstić information content (AvgIpc) is 2.91. The summed E-state index contributed by atoms with van der Waals surface area (Å²) >= 11 is 0. The highest BCUT2D eigenvalue weighted by atomic mass is 16.3. The highest BCUT2D eigenvalue weighted by molar-refractivity contribution is 4.83. The van der Waals surface area contributed by atoms with Crippen LogP contribution < -0.4 is 0 Å². The minimum atomic E-state index is 0.0200. The average molecular weight is 505 g/mol. The monoisotopic (exact) mass is 504 g/mol. The molecule has 36 heavy (non-hydrogen) atoms. The highest BCUT2D eigenvalue weighted by Gasteiger charge is 2.31. The van der Waals surface area contributed by atoms with Gasteiger partial charge in [0.05, 0.1) is 12.2 Å². The molecule has 2 heteroatoms. The van der Waals surface area contributed by atoms with Crippen molar-refractivity contribution in [1.29, 1.82) is 0 Å². The van der Waals surface area contributed by atoms with Gasteiger partial charge in [0.2, 0.25) is 0 Å². The van der Waals surface area contributed by atoms with Crippen LogP contribution in [0.2, 0.25) is 0 Å². The molecular formula is C34H64O2. The first-order valence-corrected chi connectivity index (χ1v) is 16.9. The van der Waals surface area contributed by atoms with Gasteiger partial charge in [-0.15, -0.1) is 0 Å². The Morgan fingerprint density at radius 3 is 0.944 bits per heavy atom. The number of hydrogen-bond acceptors (Lipinski definition) is 2. The first-order chi connectivity index (χ1) is 17.6. The summed E-state index contributed by atoms with van der Waals surface area (Å²) in [5, 5.41) is 19.2. The molecule has 4 saturated carbocycles. The second-order valence-electron chi connectivity index (χ2n) is 13.7. The minimum absolute atomic E-state index is 0.0200. The predicted molar refractivity (Wildman–Crippen MR) is 155 cm³/mol. The van der Waals surface area contributed by atoms with Crippen LogP contribution >= 0.6 is 0 Å². The topological polar surface area (TPSA) is 40.5 Å². The van der Waals surface area contributed by atoms with Gasteiger partial charge in [-0.3, -0.25) is 0 Å². The summed E-state index contributed by atoms with van der Waals surface area (Å²) in [6, 6.07) is 0. The van der Waals surface area contributed by atoms with E-state index in [9.17, 15) is 10.2 Å². The van der Waals surface area contributed by atoms with Crippen molar-refractivity contribution in [3.8, 4) is 0 Å². The van der Waals surface area contributed by atoms with E-state index in [1.165, 1.54) is 128 Å². The zero-order valence-corrected chi connectivity index (χ0v) is 24.5. The van der Waals surface area contributed by atoms with Gasteiger partial charge in [-0.2, -0.15) is 0 Å². The molecule has 0 heterocycles. The van der Waals surface area contributed by atoms with Gasteiger partial charge in [0.1, 0.15) is 0 Å². The Kier molecular flexibility index (Phi) is 14.8. The van der Waals surface area contributed by atoms with Crippen LogP contribution in [0.5, 0.6) is 0 Å². The standard InChI is InChI=1S/2C17H32O/c2*1-2-3-4-5-14-6-8-15(9-7-14)16-10-12-17(18)13-11-16/h2*14-18H,2-13H2,1H3. The molecule has 212 valence electrons. The fraction of sp³-hybridized carbons (Fsp3) is 1.00. The van der Waals surface area contributed by atoms with Gasteiger partial charge in [0.15, 0.2) is 0 Å². The van der Waals surface area contributed by atoms with E-state index in [4.69, 9.17) is 0 Å². The van der Waals surface area contributed by atoms with Crippen LogP contribution in [0, 0.1) is 35.5 Å². The van der Waals surface area contributed by atoms with E-state index in [-0.39, 0.29) is 12.2 Å². The van der Waals surface area contributed by atoms with Crippen molar-refractivity contribution in [3.63, 3.8) is 0 Å². The molecule has 0 amide bonds. The lowest BCUT2D eigenvalue weighted by atomic mass is 9.70. The summed E-state index contributed by atoms with van der Waals surface area (Å²) in [5.41, 5.74) is 0. The van der Waals surface area contributed by atoms with Gasteiger partial charge in [0.25, 0.3) is 0 Å². The Bertz CT molecular complexity index is 467. The zero-order chi connectivity index (χ0) is 25.6. The molecule has 0 atom stereocenters. The third-order valence-corrected chi connectivity index (χ3v) is 11.0. The molecule has 4 aliphatic rings. The minimum Gasteiger partial charge on any atom is -0.393 e. The summed E-state index contributed by atoms with van der Waals surface area (Å²) in [6.45, 7) is 4.60. The second-order valence-corrected chi connectivity index (χ2v) is 13.7. The molecule has 0 spiro atoms. The van der Waals surface area contributed by atoms with Crippen molar-refractivity contribution in [2.45, 2.75) is 180 Å². The Morgan fingerprint density at radius 2 is 0.667 bits per heavy atom. The van der Waals surface area contributed by atoms with Crippen molar-refractivity contribution in [1.82, 2.24) is 0 Å². The van der Waals surface area contributed by atoms with Gasteiger partial charge >= 0.3 is 0 Å². The van der Waals surface area contributed by atoms with Crippen LogP contribution in [0.4, 0.5) is 0 Å².